The van der Waals surface area contributed by atoms with Crippen molar-refractivity contribution in [1.82, 2.24) is 9.78 Å². The summed E-state index contributed by atoms with van der Waals surface area (Å²) in [4.78, 5) is 0. The van der Waals surface area contributed by atoms with Gasteiger partial charge in [0.25, 0.3) is 0 Å². The summed E-state index contributed by atoms with van der Waals surface area (Å²) in [6.07, 6.45) is 3.57. The van der Waals surface area contributed by atoms with Gasteiger partial charge in [-0.3, -0.25) is 10.1 Å². The van der Waals surface area contributed by atoms with E-state index in [9.17, 15) is 0 Å². The Hall–Kier alpha value is -2.17. The zero-order valence-electron chi connectivity index (χ0n) is 8.31. The third-order valence-electron chi connectivity index (χ3n) is 1.92. The van der Waals surface area contributed by atoms with Crippen molar-refractivity contribution in [1.29, 1.82) is 0 Å². The molecule has 5 heteroatoms. The number of anilines is 2. The molecule has 1 heterocycles. The van der Waals surface area contributed by atoms with E-state index in [1.807, 2.05) is 13.2 Å². The number of aryl methyl sites for hydroxylation is 1. The average Bonchev–Trinajstić information content (AvgIpc) is 2.64. The molecule has 5 nitrogen and oxygen atoms in total. The van der Waals surface area contributed by atoms with Crippen LogP contribution in [0, 0.1) is 0 Å². The van der Waals surface area contributed by atoms with Crippen LogP contribution in [0.2, 0.25) is 0 Å². The first-order chi connectivity index (χ1) is 7.24. The lowest BCUT2D eigenvalue weighted by Crippen LogP contribution is -2.07. The number of aromatic nitrogens is 2. The second-order valence-electron chi connectivity index (χ2n) is 3.20. The third-order valence-corrected chi connectivity index (χ3v) is 1.92. The molecule has 0 aliphatic carbocycles. The summed E-state index contributed by atoms with van der Waals surface area (Å²) < 4.78 is 1.71. The number of phenolic OH excluding ortho intramolecular Hbond substituents is 1. The molecule has 0 bridgehead atoms. The number of hydrogen-bond donors (Lipinski definition) is 3. The molecule has 1 aromatic heterocycles. The van der Waals surface area contributed by atoms with Crippen molar-refractivity contribution in [2.75, 3.05) is 10.9 Å². The van der Waals surface area contributed by atoms with Gasteiger partial charge in [-0.15, -0.1) is 0 Å². The zero-order chi connectivity index (χ0) is 10.7. The highest BCUT2D eigenvalue weighted by atomic mass is 16.3. The minimum absolute atomic E-state index is 0.252. The molecule has 0 saturated carbocycles. The number of benzene rings is 1. The molecule has 15 heavy (non-hydrogen) atoms. The molecule has 0 radical (unpaired) electrons. The third kappa shape index (κ3) is 2.40. The first-order valence-electron chi connectivity index (χ1n) is 4.54. The lowest BCUT2D eigenvalue weighted by molar-refractivity contribution is 0.475. The van der Waals surface area contributed by atoms with Gasteiger partial charge in [0.2, 0.25) is 0 Å². The quantitative estimate of drug-likeness (QED) is 0.524. The lowest BCUT2D eigenvalue weighted by atomic mass is 10.3. The largest absolute Gasteiger partial charge is 0.508 e. The summed E-state index contributed by atoms with van der Waals surface area (Å²) in [5.74, 6) is 0.252. The molecule has 0 amide bonds. The Kier molecular flexibility index (Phi) is 2.45. The minimum atomic E-state index is 0.252. The number of phenols is 1. The topological polar surface area (TPSA) is 62.1 Å². The van der Waals surface area contributed by atoms with Crippen molar-refractivity contribution in [3.05, 3.63) is 36.7 Å². The summed E-state index contributed by atoms with van der Waals surface area (Å²) in [6, 6.07) is 6.79. The molecule has 0 fully saturated rings. The van der Waals surface area contributed by atoms with E-state index in [1.54, 1.807) is 35.1 Å². The Balaban J connectivity index is 1.96. The van der Waals surface area contributed by atoms with Crippen LogP contribution in [0.25, 0.3) is 0 Å². The van der Waals surface area contributed by atoms with E-state index in [2.05, 4.69) is 16.0 Å². The van der Waals surface area contributed by atoms with Crippen molar-refractivity contribution in [2.45, 2.75) is 0 Å². The predicted octanol–water partition coefficient (Wildman–Crippen LogP) is 1.56. The maximum atomic E-state index is 9.08. The van der Waals surface area contributed by atoms with E-state index in [0.717, 1.165) is 11.4 Å². The Morgan fingerprint density at radius 3 is 2.40 bits per heavy atom. The van der Waals surface area contributed by atoms with Crippen LogP contribution in [0.15, 0.2) is 36.7 Å². The smallest absolute Gasteiger partial charge is 0.115 e. The van der Waals surface area contributed by atoms with Crippen LogP contribution in [0.4, 0.5) is 11.4 Å². The van der Waals surface area contributed by atoms with Crippen LogP contribution in [-0.4, -0.2) is 14.9 Å². The van der Waals surface area contributed by atoms with Gasteiger partial charge in [-0.2, -0.15) is 5.10 Å². The summed E-state index contributed by atoms with van der Waals surface area (Å²) in [5, 5.41) is 13.1. The van der Waals surface area contributed by atoms with Gasteiger partial charge >= 0.3 is 0 Å². The van der Waals surface area contributed by atoms with Gasteiger partial charge < -0.3 is 10.5 Å². The van der Waals surface area contributed by atoms with Crippen molar-refractivity contribution in [3.63, 3.8) is 0 Å². The lowest BCUT2D eigenvalue weighted by Gasteiger charge is -2.06. The van der Waals surface area contributed by atoms with E-state index >= 15 is 0 Å². The number of rotatable bonds is 3. The van der Waals surface area contributed by atoms with Crippen molar-refractivity contribution in [3.8, 4) is 5.75 Å². The Labute approximate surface area is 87.3 Å². The van der Waals surface area contributed by atoms with Crippen LogP contribution in [0.5, 0.6) is 5.75 Å². The monoisotopic (exact) mass is 204 g/mol. The van der Waals surface area contributed by atoms with Gasteiger partial charge in [0.1, 0.15) is 5.75 Å². The summed E-state index contributed by atoms with van der Waals surface area (Å²) >= 11 is 0. The fraction of sp³-hybridized carbons (Fsp3) is 0.100. The Morgan fingerprint density at radius 1 is 1.13 bits per heavy atom. The first-order valence-corrected chi connectivity index (χ1v) is 4.54. The number of hydrazine groups is 1. The molecule has 1 aromatic carbocycles. The maximum absolute atomic E-state index is 9.08. The van der Waals surface area contributed by atoms with Crippen LogP contribution >= 0.6 is 0 Å². The molecule has 0 saturated heterocycles. The van der Waals surface area contributed by atoms with Crippen LogP contribution in [0.1, 0.15) is 0 Å². The average molecular weight is 204 g/mol. The normalized spacial score (nSPS) is 9.93. The zero-order valence-corrected chi connectivity index (χ0v) is 8.31. The molecule has 0 aliphatic rings. The maximum Gasteiger partial charge on any atom is 0.115 e. The van der Waals surface area contributed by atoms with E-state index in [4.69, 9.17) is 5.11 Å². The molecule has 0 aliphatic heterocycles. The van der Waals surface area contributed by atoms with Crippen LogP contribution in [-0.2, 0) is 7.05 Å². The van der Waals surface area contributed by atoms with Crippen LogP contribution < -0.4 is 10.9 Å². The Morgan fingerprint density at radius 2 is 1.80 bits per heavy atom. The van der Waals surface area contributed by atoms with E-state index in [0.29, 0.717) is 0 Å². The van der Waals surface area contributed by atoms with E-state index < -0.39 is 0 Å². The molecule has 78 valence electrons. The van der Waals surface area contributed by atoms with Crippen LogP contribution in [0.3, 0.4) is 0 Å². The van der Waals surface area contributed by atoms with Gasteiger partial charge in [-0.1, -0.05) is 0 Å². The first kappa shape index (κ1) is 9.39. The molecular weight excluding hydrogens is 192 g/mol. The SMILES string of the molecule is Cn1cc(NNc2ccc(O)cc2)cn1. The molecule has 0 spiro atoms. The van der Waals surface area contributed by atoms with Gasteiger partial charge in [-0.05, 0) is 24.3 Å². The van der Waals surface area contributed by atoms with Crippen molar-refractivity contribution >= 4 is 11.4 Å². The minimum Gasteiger partial charge on any atom is -0.508 e. The van der Waals surface area contributed by atoms with Gasteiger partial charge in [0.15, 0.2) is 0 Å². The molecule has 2 rings (SSSR count). The van der Waals surface area contributed by atoms with Crippen molar-refractivity contribution < 1.29 is 5.11 Å². The number of nitrogens with one attached hydrogen (secondary N) is 2. The number of nitrogens with zero attached hydrogens (tertiary/aromatic N) is 2. The number of aromatic hydroxyl groups is 1. The highest BCUT2D eigenvalue weighted by molar-refractivity contribution is 5.51. The molecular formula is C10H12N4O. The Bertz CT molecular complexity index is 435. The van der Waals surface area contributed by atoms with Gasteiger partial charge in [0.05, 0.1) is 17.6 Å². The van der Waals surface area contributed by atoms with Crippen molar-refractivity contribution in [2.24, 2.45) is 7.05 Å². The molecule has 3 N–H and O–H groups in total. The van der Waals surface area contributed by atoms with Gasteiger partial charge in [-0.25, -0.2) is 0 Å². The second kappa shape index (κ2) is 3.91. The summed E-state index contributed by atoms with van der Waals surface area (Å²) in [6.45, 7) is 0. The number of hydrogen-bond acceptors (Lipinski definition) is 4. The predicted molar refractivity (Wildman–Crippen MR) is 58.6 cm³/mol. The van der Waals surface area contributed by atoms with E-state index in [-0.39, 0.29) is 5.75 Å². The fourth-order valence-corrected chi connectivity index (χ4v) is 1.17. The van der Waals surface area contributed by atoms with E-state index in [1.165, 1.54) is 0 Å². The molecule has 2 aromatic rings. The highest BCUT2D eigenvalue weighted by Crippen LogP contribution is 2.14. The highest BCUT2D eigenvalue weighted by Gasteiger charge is 1.94. The molecule has 0 atom stereocenters. The molecule has 0 unspecified atom stereocenters. The van der Waals surface area contributed by atoms with Gasteiger partial charge in [0, 0.05) is 13.2 Å². The standard InChI is InChI=1S/C10H12N4O/c1-14-7-9(6-11-14)13-12-8-2-4-10(15)5-3-8/h2-7,12-13,15H,1H3. The summed E-state index contributed by atoms with van der Waals surface area (Å²) in [7, 11) is 1.85. The fourth-order valence-electron chi connectivity index (χ4n) is 1.17. The second-order valence-corrected chi connectivity index (χ2v) is 3.20. The summed E-state index contributed by atoms with van der Waals surface area (Å²) in [5.41, 5.74) is 7.73.